The van der Waals surface area contributed by atoms with Gasteiger partial charge >= 0.3 is 0 Å². The van der Waals surface area contributed by atoms with Gasteiger partial charge in [0.2, 0.25) is 0 Å². The van der Waals surface area contributed by atoms with Crippen LogP contribution in [0.4, 0.5) is 0 Å². The number of hydrogen-bond acceptors (Lipinski definition) is 4. The number of aryl methyl sites for hydroxylation is 1. The van der Waals surface area contributed by atoms with Crippen molar-refractivity contribution in [3.05, 3.63) is 71.8 Å². The van der Waals surface area contributed by atoms with Gasteiger partial charge in [0.15, 0.2) is 11.6 Å². The van der Waals surface area contributed by atoms with Crippen molar-refractivity contribution < 1.29 is 9.59 Å². The van der Waals surface area contributed by atoms with Crippen LogP contribution in [0.3, 0.4) is 0 Å². The Labute approximate surface area is 163 Å². The Hall–Kier alpha value is -3.28. The Morgan fingerprint density at radius 1 is 1.07 bits per heavy atom. The van der Waals surface area contributed by atoms with E-state index >= 15 is 0 Å². The molecule has 0 aliphatic heterocycles. The summed E-state index contributed by atoms with van der Waals surface area (Å²) >= 11 is 0. The van der Waals surface area contributed by atoms with E-state index < -0.39 is 0 Å². The summed E-state index contributed by atoms with van der Waals surface area (Å²) in [6, 6.07) is 14.8. The van der Waals surface area contributed by atoms with E-state index in [-0.39, 0.29) is 23.7 Å². The maximum absolute atomic E-state index is 12.7. The van der Waals surface area contributed by atoms with Crippen LogP contribution in [0.1, 0.15) is 52.3 Å². The highest BCUT2D eigenvalue weighted by atomic mass is 16.1. The molecule has 3 aromatic rings. The van der Waals surface area contributed by atoms with Gasteiger partial charge in [0, 0.05) is 24.1 Å². The van der Waals surface area contributed by atoms with E-state index in [4.69, 9.17) is 0 Å². The molecule has 2 aromatic carbocycles. The van der Waals surface area contributed by atoms with Crippen LogP contribution >= 0.6 is 0 Å². The first kappa shape index (κ1) is 18.1. The molecule has 1 amide bonds. The van der Waals surface area contributed by atoms with E-state index in [0.29, 0.717) is 11.4 Å². The third-order valence-corrected chi connectivity index (χ3v) is 5.06. The number of carbonyl (C=O) groups is 2. The number of rotatable bonds is 6. The number of Topliss-reactive ketones (excluding diaryl/α,β-unsaturated/α-hetero) is 1. The number of amides is 1. The van der Waals surface area contributed by atoms with Gasteiger partial charge < -0.3 is 9.88 Å². The highest BCUT2D eigenvalue weighted by Gasteiger charge is 2.30. The lowest BCUT2D eigenvalue weighted by Gasteiger charge is -2.13. The third kappa shape index (κ3) is 3.71. The number of ketones is 1. The van der Waals surface area contributed by atoms with Crippen molar-refractivity contribution in [2.45, 2.75) is 25.8 Å². The predicted molar refractivity (Wildman–Crippen MR) is 106 cm³/mol. The Morgan fingerprint density at radius 3 is 2.46 bits per heavy atom. The summed E-state index contributed by atoms with van der Waals surface area (Å²) in [5, 5.41) is 10.8. The predicted octanol–water partition coefficient (Wildman–Crippen LogP) is 3.57. The highest BCUT2D eigenvalue weighted by Crippen LogP contribution is 2.33. The van der Waals surface area contributed by atoms with E-state index in [9.17, 15) is 9.59 Å². The van der Waals surface area contributed by atoms with E-state index in [0.717, 1.165) is 29.5 Å². The van der Waals surface area contributed by atoms with E-state index in [2.05, 4.69) is 15.5 Å². The molecule has 4 rings (SSSR count). The average Bonchev–Trinajstić information content (AvgIpc) is 3.48. The first-order valence-corrected chi connectivity index (χ1v) is 9.42. The number of nitrogens with zero attached hydrogens (tertiary/aromatic N) is 3. The standard InChI is InChI=1S/C22H22N4O2/c1-14(21-25-23-13-26(21)2)24-22(28)19-5-3-4-18(12-19)15-6-8-16(9-7-15)20(27)17-10-11-17/h3-9,12-14,17H,10-11H2,1-2H3,(H,24,28)/t14-/m0/s1. The molecule has 0 unspecified atom stereocenters. The molecule has 142 valence electrons. The van der Waals surface area contributed by atoms with Gasteiger partial charge in [0.05, 0.1) is 6.04 Å². The zero-order chi connectivity index (χ0) is 19.7. The van der Waals surface area contributed by atoms with Gasteiger partial charge in [-0.25, -0.2) is 0 Å². The van der Waals surface area contributed by atoms with Crippen LogP contribution in [0.25, 0.3) is 11.1 Å². The number of carbonyl (C=O) groups excluding carboxylic acids is 2. The first-order chi connectivity index (χ1) is 13.5. The van der Waals surface area contributed by atoms with Crippen molar-refractivity contribution in [1.29, 1.82) is 0 Å². The lowest BCUT2D eigenvalue weighted by atomic mass is 9.99. The second-order valence-electron chi connectivity index (χ2n) is 7.29. The molecule has 1 aliphatic rings. The van der Waals surface area contributed by atoms with Gasteiger partial charge in [-0.15, -0.1) is 10.2 Å². The van der Waals surface area contributed by atoms with Crippen molar-refractivity contribution in [2.75, 3.05) is 0 Å². The normalized spacial score (nSPS) is 14.5. The number of hydrogen-bond donors (Lipinski definition) is 1. The Morgan fingerprint density at radius 2 is 1.82 bits per heavy atom. The largest absolute Gasteiger partial charge is 0.342 e. The van der Waals surface area contributed by atoms with E-state index in [1.54, 1.807) is 17.0 Å². The molecule has 28 heavy (non-hydrogen) atoms. The van der Waals surface area contributed by atoms with Crippen LogP contribution in [0, 0.1) is 5.92 Å². The van der Waals surface area contributed by atoms with Gasteiger partial charge in [0.1, 0.15) is 6.33 Å². The molecule has 1 aliphatic carbocycles. The lowest BCUT2D eigenvalue weighted by molar-refractivity contribution is 0.0936. The Balaban J connectivity index is 1.50. The van der Waals surface area contributed by atoms with E-state index in [1.165, 1.54) is 0 Å². The summed E-state index contributed by atoms with van der Waals surface area (Å²) in [5.41, 5.74) is 3.25. The molecule has 1 atom stereocenters. The third-order valence-electron chi connectivity index (χ3n) is 5.06. The Bertz CT molecular complexity index is 1020. The maximum Gasteiger partial charge on any atom is 0.251 e. The van der Waals surface area contributed by atoms with Crippen molar-refractivity contribution in [2.24, 2.45) is 13.0 Å². The molecule has 1 saturated carbocycles. The minimum absolute atomic E-state index is 0.169. The molecule has 1 N–H and O–H groups in total. The van der Waals surface area contributed by atoms with Gasteiger partial charge in [-0.3, -0.25) is 9.59 Å². The molecule has 1 fully saturated rings. The van der Waals surface area contributed by atoms with Crippen LogP contribution in [0.15, 0.2) is 54.9 Å². The summed E-state index contributed by atoms with van der Waals surface area (Å²) in [5.74, 6) is 0.976. The van der Waals surface area contributed by atoms with Crippen LogP contribution in [0.5, 0.6) is 0 Å². The van der Waals surface area contributed by atoms with Crippen molar-refractivity contribution in [3.8, 4) is 11.1 Å². The molecule has 6 nitrogen and oxygen atoms in total. The second kappa shape index (κ2) is 7.38. The van der Waals surface area contributed by atoms with Crippen LogP contribution < -0.4 is 5.32 Å². The van der Waals surface area contributed by atoms with Crippen LogP contribution in [0.2, 0.25) is 0 Å². The van der Waals surface area contributed by atoms with Crippen LogP contribution in [-0.2, 0) is 7.05 Å². The first-order valence-electron chi connectivity index (χ1n) is 9.42. The topological polar surface area (TPSA) is 76.9 Å². The zero-order valence-electron chi connectivity index (χ0n) is 15.9. The minimum atomic E-state index is -0.253. The quantitative estimate of drug-likeness (QED) is 0.669. The van der Waals surface area contributed by atoms with Gasteiger partial charge in [0.25, 0.3) is 5.91 Å². The minimum Gasteiger partial charge on any atom is -0.342 e. The average molecular weight is 374 g/mol. The summed E-state index contributed by atoms with van der Waals surface area (Å²) in [6.07, 6.45) is 3.62. The van der Waals surface area contributed by atoms with Crippen molar-refractivity contribution in [1.82, 2.24) is 20.1 Å². The lowest BCUT2D eigenvalue weighted by Crippen LogP contribution is -2.28. The molecule has 0 radical (unpaired) electrons. The van der Waals surface area contributed by atoms with Gasteiger partial charge in [-0.1, -0.05) is 36.4 Å². The van der Waals surface area contributed by atoms with Crippen molar-refractivity contribution in [3.63, 3.8) is 0 Å². The smallest absolute Gasteiger partial charge is 0.251 e. The second-order valence-corrected chi connectivity index (χ2v) is 7.29. The monoisotopic (exact) mass is 374 g/mol. The Kier molecular flexibility index (Phi) is 4.77. The number of nitrogens with one attached hydrogen (secondary N) is 1. The maximum atomic E-state index is 12.7. The number of benzene rings is 2. The fourth-order valence-corrected chi connectivity index (χ4v) is 3.28. The summed E-state index contributed by atoms with van der Waals surface area (Å²) in [7, 11) is 1.84. The highest BCUT2D eigenvalue weighted by molar-refractivity contribution is 5.99. The van der Waals surface area contributed by atoms with Gasteiger partial charge in [-0.2, -0.15) is 0 Å². The van der Waals surface area contributed by atoms with E-state index in [1.807, 2.05) is 56.4 Å². The molecule has 1 aromatic heterocycles. The molecule has 0 saturated heterocycles. The van der Waals surface area contributed by atoms with Crippen LogP contribution in [-0.4, -0.2) is 26.5 Å². The fraction of sp³-hybridized carbons (Fsp3) is 0.273. The number of aromatic nitrogens is 3. The SMILES string of the molecule is C[C@H](NC(=O)c1cccc(-c2ccc(C(=O)C3CC3)cc2)c1)c1nncn1C. The molecule has 0 spiro atoms. The zero-order valence-corrected chi connectivity index (χ0v) is 15.9. The molecule has 1 heterocycles. The van der Waals surface area contributed by atoms with Gasteiger partial charge in [-0.05, 0) is 43.0 Å². The van der Waals surface area contributed by atoms with Crippen molar-refractivity contribution >= 4 is 11.7 Å². The summed E-state index contributed by atoms with van der Waals surface area (Å²) in [4.78, 5) is 24.8. The summed E-state index contributed by atoms with van der Waals surface area (Å²) in [6.45, 7) is 1.88. The molecule has 6 heteroatoms. The summed E-state index contributed by atoms with van der Waals surface area (Å²) < 4.78 is 1.78. The molecule has 0 bridgehead atoms. The molecular formula is C22H22N4O2. The molecular weight excluding hydrogens is 352 g/mol. The fourth-order valence-electron chi connectivity index (χ4n) is 3.28.